The molecule has 2 aromatic carbocycles. The Balaban J connectivity index is 1.80. The standard InChI is InChI=1S/C21H19BrN4O3/c1-23-19(27)9-6-13-12-14(7-8-18(13)29-2)25-21(28)26-17-10-11-24-20-15(17)4-3-5-16(20)22/h3-12H,1-2H3,(H,23,27)(H2,24,25,26,28)/b9-6+. The number of pyridine rings is 1. The SMILES string of the molecule is CNC(=O)/C=C/c1cc(NC(=O)Nc2ccnc3c(Br)cccc23)ccc1OC. The monoisotopic (exact) mass is 454 g/mol. The van der Waals surface area contributed by atoms with Crippen LogP contribution in [0.4, 0.5) is 16.2 Å². The molecule has 1 aromatic heterocycles. The van der Waals surface area contributed by atoms with Crippen molar-refractivity contribution in [2.24, 2.45) is 0 Å². The summed E-state index contributed by atoms with van der Waals surface area (Å²) in [5.41, 5.74) is 2.62. The number of likely N-dealkylation sites (N-methyl/N-ethyl adjacent to an activating group) is 1. The Labute approximate surface area is 176 Å². The number of methoxy groups -OCH3 is 1. The molecule has 1 heterocycles. The fraction of sp³-hybridized carbons (Fsp3) is 0.0952. The third-order valence-corrected chi connectivity index (χ3v) is 4.76. The van der Waals surface area contributed by atoms with Gasteiger partial charge in [-0.3, -0.25) is 9.78 Å². The van der Waals surface area contributed by atoms with E-state index in [0.29, 0.717) is 22.7 Å². The van der Waals surface area contributed by atoms with Crippen LogP contribution in [0.1, 0.15) is 5.56 Å². The van der Waals surface area contributed by atoms with E-state index in [2.05, 4.69) is 36.9 Å². The summed E-state index contributed by atoms with van der Waals surface area (Å²) in [7, 11) is 3.09. The molecule has 0 saturated carbocycles. The number of urea groups is 1. The first-order valence-corrected chi connectivity index (χ1v) is 9.50. The van der Waals surface area contributed by atoms with Gasteiger partial charge in [0.1, 0.15) is 5.75 Å². The molecule has 0 saturated heterocycles. The number of hydrogen-bond donors (Lipinski definition) is 3. The number of amides is 3. The molecule has 8 heteroatoms. The van der Waals surface area contributed by atoms with Gasteiger partial charge < -0.3 is 20.7 Å². The summed E-state index contributed by atoms with van der Waals surface area (Å²) in [5, 5.41) is 8.97. The van der Waals surface area contributed by atoms with E-state index in [1.807, 2.05) is 18.2 Å². The van der Waals surface area contributed by atoms with Crippen LogP contribution < -0.4 is 20.7 Å². The lowest BCUT2D eigenvalue weighted by atomic mass is 10.1. The summed E-state index contributed by atoms with van der Waals surface area (Å²) in [6.07, 6.45) is 4.65. The zero-order valence-corrected chi connectivity index (χ0v) is 17.4. The lowest BCUT2D eigenvalue weighted by Gasteiger charge is -2.12. The van der Waals surface area contributed by atoms with Crippen molar-refractivity contribution in [3.8, 4) is 5.75 Å². The highest BCUT2D eigenvalue weighted by molar-refractivity contribution is 9.10. The predicted octanol–water partition coefficient (Wildman–Crippen LogP) is 4.41. The minimum atomic E-state index is -0.399. The molecule has 0 radical (unpaired) electrons. The summed E-state index contributed by atoms with van der Waals surface area (Å²) >= 11 is 3.46. The first kappa shape index (κ1) is 20.3. The molecular formula is C21H19BrN4O3. The third kappa shape index (κ3) is 4.91. The largest absolute Gasteiger partial charge is 0.496 e. The van der Waals surface area contributed by atoms with E-state index in [4.69, 9.17) is 4.74 Å². The summed E-state index contributed by atoms with van der Waals surface area (Å²) in [6.45, 7) is 0. The van der Waals surface area contributed by atoms with Crippen molar-refractivity contribution in [1.82, 2.24) is 10.3 Å². The van der Waals surface area contributed by atoms with Crippen LogP contribution in [0.2, 0.25) is 0 Å². The van der Waals surface area contributed by atoms with Gasteiger partial charge in [-0.2, -0.15) is 0 Å². The predicted molar refractivity (Wildman–Crippen MR) is 118 cm³/mol. The van der Waals surface area contributed by atoms with Crippen molar-refractivity contribution in [3.05, 3.63) is 64.8 Å². The van der Waals surface area contributed by atoms with E-state index >= 15 is 0 Å². The topological polar surface area (TPSA) is 92.4 Å². The van der Waals surface area contributed by atoms with Crippen molar-refractivity contribution < 1.29 is 14.3 Å². The van der Waals surface area contributed by atoms with Crippen LogP contribution in [0.25, 0.3) is 17.0 Å². The molecule has 0 atom stereocenters. The van der Waals surface area contributed by atoms with Crippen LogP contribution >= 0.6 is 15.9 Å². The zero-order chi connectivity index (χ0) is 20.8. The number of nitrogens with zero attached hydrogens (tertiary/aromatic N) is 1. The Morgan fingerprint density at radius 2 is 1.97 bits per heavy atom. The Morgan fingerprint density at radius 1 is 1.14 bits per heavy atom. The van der Waals surface area contributed by atoms with Gasteiger partial charge in [-0.25, -0.2) is 4.79 Å². The maximum atomic E-state index is 12.5. The Bertz CT molecular complexity index is 1100. The number of fused-ring (bicyclic) bond motifs is 1. The molecule has 0 aliphatic rings. The highest BCUT2D eigenvalue weighted by atomic mass is 79.9. The number of carbonyl (C=O) groups is 2. The number of aromatic nitrogens is 1. The fourth-order valence-electron chi connectivity index (χ4n) is 2.72. The minimum absolute atomic E-state index is 0.237. The lowest BCUT2D eigenvalue weighted by molar-refractivity contribution is -0.115. The molecule has 7 nitrogen and oxygen atoms in total. The number of anilines is 2. The fourth-order valence-corrected chi connectivity index (χ4v) is 3.19. The summed E-state index contributed by atoms with van der Waals surface area (Å²) in [4.78, 5) is 28.3. The molecule has 0 aliphatic heterocycles. The molecule has 0 spiro atoms. The molecule has 0 fully saturated rings. The van der Waals surface area contributed by atoms with Crippen molar-refractivity contribution >= 4 is 56.2 Å². The van der Waals surface area contributed by atoms with Crippen LogP contribution in [-0.2, 0) is 4.79 Å². The number of hydrogen-bond acceptors (Lipinski definition) is 4. The van der Waals surface area contributed by atoms with Crippen LogP contribution in [0.5, 0.6) is 5.75 Å². The molecule has 148 valence electrons. The average Bonchev–Trinajstić information content (AvgIpc) is 2.73. The van der Waals surface area contributed by atoms with Crippen molar-refractivity contribution in [2.75, 3.05) is 24.8 Å². The number of halogens is 1. The summed E-state index contributed by atoms with van der Waals surface area (Å²) in [5.74, 6) is 0.347. The van der Waals surface area contributed by atoms with Gasteiger partial charge in [0.05, 0.1) is 18.3 Å². The van der Waals surface area contributed by atoms with E-state index in [0.717, 1.165) is 15.4 Å². The van der Waals surface area contributed by atoms with E-state index in [9.17, 15) is 9.59 Å². The second kappa shape index (κ2) is 9.20. The second-order valence-corrected chi connectivity index (χ2v) is 6.83. The number of benzene rings is 2. The van der Waals surface area contributed by atoms with Crippen molar-refractivity contribution in [3.63, 3.8) is 0 Å². The molecule has 0 unspecified atom stereocenters. The van der Waals surface area contributed by atoms with E-state index in [1.165, 1.54) is 6.08 Å². The Hall–Kier alpha value is -3.39. The van der Waals surface area contributed by atoms with Gasteiger partial charge >= 0.3 is 6.03 Å². The maximum Gasteiger partial charge on any atom is 0.323 e. The van der Waals surface area contributed by atoms with Crippen LogP contribution in [0.15, 0.2) is 59.2 Å². The first-order valence-electron chi connectivity index (χ1n) is 8.71. The molecule has 3 rings (SSSR count). The molecular weight excluding hydrogens is 436 g/mol. The number of para-hydroxylation sites is 1. The molecule has 0 aliphatic carbocycles. The quantitative estimate of drug-likeness (QED) is 0.497. The Morgan fingerprint density at radius 3 is 2.72 bits per heavy atom. The number of ether oxygens (including phenoxy) is 1. The molecule has 29 heavy (non-hydrogen) atoms. The Kier molecular flexibility index (Phi) is 6.46. The zero-order valence-electron chi connectivity index (χ0n) is 15.8. The smallest absolute Gasteiger partial charge is 0.323 e. The van der Waals surface area contributed by atoms with Gasteiger partial charge in [0, 0.05) is 40.4 Å². The second-order valence-electron chi connectivity index (χ2n) is 5.98. The maximum absolute atomic E-state index is 12.5. The van der Waals surface area contributed by atoms with Gasteiger partial charge in [-0.05, 0) is 52.3 Å². The third-order valence-electron chi connectivity index (χ3n) is 4.12. The number of nitrogens with one attached hydrogen (secondary N) is 3. The number of rotatable bonds is 5. The molecule has 3 amide bonds. The van der Waals surface area contributed by atoms with Crippen molar-refractivity contribution in [1.29, 1.82) is 0 Å². The summed E-state index contributed by atoms with van der Waals surface area (Å²) in [6, 6.07) is 12.2. The lowest BCUT2D eigenvalue weighted by Crippen LogP contribution is -2.19. The van der Waals surface area contributed by atoms with Gasteiger partial charge in [0.2, 0.25) is 5.91 Å². The highest BCUT2D eigenvalue weighted by Gasteiger charge is 2.10. The minimum Gasteiger partial charge on any atom is -0.496 e. The van der Waals surface area contributed by atoms with E-state index in [-0.39, 0.29) is 5.91 Å². The first-order chi connectivity index (χ1) is 14.0. The van der Waals surface area contributed by atoms with Crippen molar-refractivity contribution in [2.45, 2.75) is 0 Å². The average molecular weight is 455 g/mol. The van der Waals surface area contributed by atoms with Crippen LogP contribution in [0.3, 0.4) is 0 Å². The summed E-state index contributed by atoms with van der Waals surface area (Å²) < 4.78 is 6.15. The van der Waals surface area contributed by atoms with Crippen LogP contribution in [-0.4, -0.2) is 31.1 Å². The van der Waals surface area contributed by atoms with Crippen LogP contribution in [0, 0.1) is 0 Å². The van der Waals surface area contributed by atoms with Gasteiger partial charge in [-0.15, -0.1) is 0 Å². The highest BCUT2D eigenvalue weighted by Crippen LogP contribution is 2.28. The van der Waals surface area contributed by atoms with E-state index < -0.39 is 6.03 Å². The normalized spacial score (nSPS) is 10.7. The van der Waals surface area contributed by atoms with Gasteiger partial charge in [0.25, 0.3) is 0 Å². The van der Waals surface area contributed by atoms with Gasteiger partial charge in [0.15, 0.2) is 0 Å². The molecule has 0 bridgehead atoms. The van der Waals surface area contributed by atoms with Gasteiger partial charge in [-0.1, -0.05) is 12.1 Å². The van der Waals surface area contributed by atoms with E-state index in [1.54, 1.807) is 50.7 Å². The number of carbonyl (C=O) groups excluding carboxylic acids is 2. The molecule has 3 N–H and O–H groups in total. The molecule has 3 aromatic rings.